The van der Waals surface area contributed by atoms with Crippen LogP contribution in [0.2, 0.25) is 0 Å². The van der Waals surface area contributed by atoms with E-state index in [1.54, 1.807) is 0 Å². The molecule has 0 atom stereocenters. The van der Waals surface area contributed by atoms with Crippen molar-refractivity contribution in [3.05, 3.63) is 7.11 Å². The van der Waals surface area contributed by atoms with Crippen LogP contribution in [-0.2, 0) is 9.53 Å². The molecule has 0 fully saturated rings. The highest BCUT2D eigenvalue weighted by Gasteiger charge is 1.90. The average Bonchev–Trinajstić information content (AvgIpc) is 1.65. The zero-order chi connectivity index (χ0) is 4.99. The molecule has 6 heavy (non-hydrogen) atoms. The van der Waals surface area contributed by atoms with Gasteiger partial charge in [-0.3, -0.25) is 4.79 Å². The summed E-state index contributed by atoms with van der Waals surface area (Å²) >= 11 is 4.94. The second-order valence-corrected chi connectivity index (χ2v) is 0.917. The van der Waals surface area contributed by atoms with Crippen LogP contribution in [0.15, 0.2) is 0 Å². The third-order valence-corrected chi connectivity index (χ3v) is 0.488. The van der Waals surface area contributed by atoms with Crippen LogP contribution in [0.5, 0.6) is 0 Å². The van der Waals surface area contributed by atoms with Crippen molar-refractivity contribution in [1.29, 1.82) is 0 Å². The minimum atomic E-state index is -0.503. The van der Waals surface area contributed by atoms with Crippen LogP contribution < -0.4 is 0 Å². The number of carbonyl (C=O) groups is 1. The van der Waals surface area contributed by atoms with E-state index in [1.807, 2.05) is 0 Å². The van der Waals surface area contributed by atoms with E-state index < -0.39 is 5.97 Å². The predicted molar refractivity (Wildman–Crippen MR) is 22.2 cm³/mol. The summed E-state index contributed by atoms with van der Waals surface area (Å²) in [5, 5.41) is 0. The van der Waals surface area contributed by atoms with E-state index in [4.69, 9.17) is 11.6 Å². The molecular formula is C3H4ClO2. The maximum absolute atomic E-state index is 9.76. The molecule has 3 heteroatoms. The van der Waals surface area contributed by atoms with Crippen LogP contribution in [-0.4, -0.2) is 11.8 Å². The van der Waals surface area contributed by atoms with Crippen molar-refractivity contribution in [1.82, 2.24) is 0 Å². The topological polar surface area (TPSA) is 26.3 Å². The van der Waals surface area contributed by atoms with E-state index in [9.17, 15) is 4.79 Å². The maximum atomic E-state index is 9.76. The lowest BCUT2D eigenvalue weighted by molar-refractivity contribution is -0.135. The van der Waals surface area contributed by atoms with Crippen LogP contribution >= 0.6 is 11.6 Å². The van der Waals surface area contributed by atoms with Gasteiger partial charge in [-0.05, 0) is 0 Å². The molecule has 2 nitrogen and oxygen atoms in total. The Morgan fingerprint density at radius 1 is 2.00 bits per heavy atom. The number of rotatable bonds is 1. The monoisotopic (exact) mass is 107 g/mol. The molecule has 0 unspecified atom stereocenters. The molecule has 0 bridgehead atoms. The Hall–Kier alpha value is -0.240. The highest BCUT2D eigenvalue weighted by molar-refractivity contribution is 6.26. The highest BCUT2D eigenvalue weighted by Crippen LogP contribution is 1.76. The second kappa shape index (κ2) is 2.97. The van der Waals surface area contributed by atoms with Crippen LogP contribution in [0.1, 0.15) is 0 Å². The molecular weight excluding hydrogens is 103 g/mol. The van der Waals surface area contributed by atoms with Crippen molar-refractivity contribution >= 4 is 17.6 Å². The van der Waals surface area contributed by atoms with Gasteiger partial charge in [0.05, 0.1) is 0 Å². The van der Waals surface area contributed by atoms with Gasteiger partial charge in [0.1, 0.15) is 13.0 Å². The van der Waals surface area contributed by atoms with Crippen molar-refractivity contribution in [2.24, 2.45) is 0 Å². The van der Waals surface area contributed by atoms with Crippen LogP contribution in [0.4, 0.5) is 0 Å². The Kier molecular flexibility index (Phi) is 2.85. The van der Waals surface area contributed by atoms with Gasteiger partial charge in [-0.2, -0.15) is 0 Å². The molecule has 0 aliphatic carbocycles. The number of carbonyl (C=O) groups excluding carboxylic acids is 1. The molecule has 0 aliphatic heterocycles. The zero-order valence-corrected chi connectivity index (χ0v) is 3.86. The Morgan fingerprint density at radius 2 is 2.50 bits per heavy atom. The van der Waals surface area contributed by atoms with Gasteiger partial charge in [0.25, 0.3) is 0 Å². The van der Waals surface area contributed by atoms with Crippen LogP contribution in [0.3, 0.4) is 0 Å². The molecule has 0 saturated carbocycles. The number of halogens is 1. The molecule has 0 aromatic carbocycles. The maximum Gasteiger partial charge on any atom is 0.320 e. The van der Waals surface area contributed by atoms with Crippen LogP contribution in [0, 0.1) is 7.11 Å². The molecule has 0 saturated heterocycles. The fraction of sp³-hybridized carbons (Fsp3) is 0.333. The molecule has 0 heterocycles. The van der Waals surface area contributed by atoms with E-state index in [0.717, 1.165) is 0 Å². The van der Waals surface area contributed by atoms with Gasteiger partial charge in [-0.1, -0.05) is 0 Å². The fourth-order valence-electron chi connectivity index (χ4n) is 0.0386. The summed E-state index contributed by atoms with van der Waals surface area (Å²) in [6.07, 6.45) is 0. The van der Waals surface area contributed by atoms with Crippen molar-refractivity contribution < 1.29 is 9.53 Å². The Bertz CT molecular complexity index is 46.8. The molecule has 0 rings (SSSR count). The molecule has 0 aromatic rings. The summed E-state index contributed by atoms with van der Waals surface area (Å²) in [6, 6.07) is 0. The summed E-state index contributed by atoms with van der Waals surface area (Å²) in [6.45, 7) is 0. The lowest BCUT2D eigenvalue weighted by Gasteiger charge is -1.85. The largest absolute Gasteiger partial charge is 0.461 e. The Morgan fingerprint density at radius 3 is 2.50 bits per heavy atom. The summed E-state index contributed by atoms with van der Waals surface area (Å²) in [5.74, 6) is -0.625. The number of hydrogen-bond acceptors (Lipinski definition) is 2. The summed E-state index contributed by atoms with van der Waals surface area (Å²) in [4.78, 5) is 9.76. The Labute approximate surface area is 41.0 Å². The quantitative estimate of drug-likeness (QED) is 0.362. The van der Waals surface area contributed by atoms with E-state index in [1.165, 1.54) is 0 Å². The minimum absolute atomic E-state index is 0.122. The first-order valence-electron chi connectivity index (χ1n) is 1.32. The first kappa shape index (κ1) is 5.76. The number of ether oxygens (including phenoxy) is 1. The third-order valence-electron chi connectivity index (χ3n) is 0.270. The predicted octanol–water partition coefficient (Wildman–Crippen LogP) is 0.560. The average molecular weight is 108 g/mol. The molecule has 0 spiro atoms. The fourth-order valence-corrected chi connectivity index (χ4v) is 0.116. The van der Waals surface area contributed by atoms with Gasteiger partial charge in [0, 0.05) is 0 Å². The second-order valence-electron chi connectivity index (χ2n) is 0.650. The molecule has 35 valence electrons. The zero-order valence-electron chi connectivity index (χ0n) is 3.11. The molecule has 0 aliphatic rings. The van der Waals surface area contributed by atoms with Gasteiger partial charge in [-0.25, -0.2) is 0 Å². The first-order valence-corrected chi connectivity index (χ1v) is 1.85. The van der Waals surface area contributed by atoms with Crippen molar-refractivity contribution in [3.8, 4) is 0 Å². The summed E-state index contributed by atoms with van der Waals surface area (Å²) in [7, 11) is 2.82. The minimum Gasteiger partial charge on any atom is -0.461 e. The molecule has 1 radical (unpaired) electrons. The first-order chi connectivity index (χ1) is 2.81. The van der Waals surface area contributed by atoms with Gasteiger partial charge in [0.2, 0.25) is 0 Å². The van der Waals surface area contributed by atoms with Crippen LogP contribution in [0.25, 0.3) is 0 Å². The number of esters is 1. The van der Waals surface area contributed by atoms with Crippen molar-refractivity contribution in [2.75, 3.05) is 5.88 Å². The summed E-state index contributed by atoms with van der Waals surface area (Å²) in [5.41, 5.74) is 0. The van der Waals surface area contributed by atoms with Crippen molar-refractivity contribution in [3.63, 3.8) is 0 Å². The number of hydrogen-bond donors (Lipinski definition) is 0. The standard InChI is InChI=1S/C3H4ClO2/c1-6-3(5)2-4/h1-2H2. The molecule has 0 N–H and O–H groups in total. The lowest BCUT2D eigenvalue weighted by atomic mass is 10.8. The van der Waals surface area contributed by atoms with E-state index in [-0.39, 0.29) is 5.88 Å². The smallest absolute Gasteiger partial charge is 0.320 e. The van der Waals surface area contributed by atoms with Gasteiger partial charge in [-0.15, -0.1) is 11.6 Å². The highest BCUT2D eigenvalue weighted by atomic mass is 35.5. The van der Waals surface area contributed by atoms with Crippen molar-refractivity contribution in [2.45, 2.75) is 0 Å². The van der Waals surface area contributed by atoms with Gasteiger partial charge < -0.3 is 4.74 Å². The molecule has 0 aromatic heterocycles. The van der Waals surface area contributed by atoms with Gasteiger partial charge in [0.15, 0.2) is 0 Å². The Balaban J connectivity index is 2.99. The third kappa shape index (κ3) is 2.03. The summed E-state index contributed by atoms with van der Waals surface area (Å²) < 4.78 is 3.88. The van der Waals surface area contributed by atoms with E-state index >= 15 is 0 Å². The number of alkyl halides is 1. The van der Waals surface area contributed by atoms with E-state index in [2.05, 4.69) is 11.8 Å². The SMILES string of the molecule is [CH2]OC(=O)CCl. The normalized spacial score (nSPS) is 7.67. The van der Waals surface area contributed by atoms with Gasteiger partial charge >= 0.3 is 5.97 Å². The lowest BCUT2D eigenvalue weighted by Crippen LogP contribution is -1.97. The van der Waals surface area contributed by atoms with E-state index in [0.29, 0.717) is 0 Å². The molecule has 0 amide bonds.